The molecule has 76 valence electrons. The Hall–Kier alpha value is -0.970. The second-order valence-electron chi connectivity index (χ2n) is 3.80. The maximum Gasteiger partial charge on any atom is 0.352 e. The van der Waals surface area contributed by atoms with Gasteiger partial charge in [-0.3, -0.25) is 9.69 Å². The third kappa shape index (κ3) is 1.08. The summed E-state index contributed by atoms with van der Waals surface area (Å²) in [6, 6.07) is 0. The fourth-order valence-electron chi connectivity index (χ4n) is 1.89. The summed E-state index contributed by atoms with van der Waals surface area (Å²) < 4.78 is 0. The molecule has 1 unspecified atom stereocenters. The molecular weight excluding hydrogens is 202 g/mol. The smallest absolute Gasteiger partial charge is 0.352 e. The number of thioether (sulfide) groups is 1. The highest BCUT2D eigenvalue weighted by Crippen LogP contribution is 2.48. The zero-order chi connectivity index (χ0) is 10.5. The SMILES string of the molecule is CC1=C(C(=O)O)N2C(=O)CC2(C)SC1. The van der Waals surface area contributed by atoms with Gasteiger partial charge in [-0.2, -0.15) is 0 Å². The highest BCUT2D eigenvalue weighted by atomic mass is 32.2. The van der Waals surface area contributed by atoms with Crippen LogP contribution in [-0.4, -0.2) is 32.5 Å². The molecule has 4 nitrogen and oxygen atoms in total. The number of carbonyl (C=O) groups is 2. The molecule has 1 saturated heterocycles. The lowest BCUT2D eigenvalue weighted by molar-refractivity contribution is -0.150. The van der Waals surface area contributed by atoms with Crippen LogP contribution in [0.2, 0.25) is 0 Å². The van der Waals surface area contributed by atoms with Crippen LogP contribution >= 0.6 is 11.8 Å². The van der Waals surface area contributed by atoms with E-state index in [1.165, 1.54) is 4.90 Å². The van der Waals surface area contributed by atoms with Crippen molar-refractivity contribution in [2.24, 2.45) is 0 Å². The van der Waals surface area contributed by atoms with Gasteiger partial charge in [0.25, 0.3) is 0 Å². The molecule has 2 heterocycles. The minimum atomic E-state index is -0.998. The number of carbonyl (C=O) groups excluding carboxylic acids is 1. The number of β-lactam (4-membered cyclic amide) rings is 1. The number of fused-ring (bicyclic) bond motifs is 1. The van der Waals surface area contributed by atoms with Crippen molar-refractivity contribution in [3.8, 4) is 0 Å². The van der Waals surface area contributed by atoms with Gasteiger partial charge in [-0.25, -0.2) is 4.79 Å². The molecule has 0 aliphatic carbocycles. The molecule has 14 heavy (non-hydrogen) atoms. The molecule has 2 rings (SSSR count). The number of rotatable bonds is 1. The molecule has 2 aliphatic rings. The normalized spacial score (nSPS) is 31.3. The second kappa shape index (κ2) is 2.76. The second-order valence-corrected chi connectivity index (χ2v) is 5.26. The lowest BCUT2D eigenvalue weighted by atomic mass is 9.99. The van der Waals surface area contributed by atoms with E-state index in [-0.39, 0.29) is 16.5 Å². The van der Waals surface area contributed by atoms with E-state index in [9.17, 15) is 9.59 Å². The van der Waals surface area contributed by atoms with E-state index in [0.717, 1.165) is 5.57 Å². The number of amides is 1. The number of carboxylic acid groups (broad SMARTS) is 1. The summed E-state index contributed by atoms with van der Waals surface area (Å²) >= 11 is 1.63. The Morgan fingerprint density at radius 3 is 2.71 bits per heavy atom. The Balaban J connectivity index is 2.44. The van der Waals surface area contributed by atoms with Crippen molar-refractivity contribution in [1.82, 2.24) is 4.90 Å². The molecule has 0 saturated carbocycles. The molecule has 2 aliphatic heterocycles. The van der Waals surface area contributed by atoms with E-state index in [1.807, 2.05) is 6.92 Å². The Morgan fingerprint density at radius 1 is 1.64 bits per heavy atom. The van der Waals surface area contributed by atoms with E-state index in [1.54, 1.807) is 18.7 Å². The first kappa shape index (κ1) is 9.58. The molecule has 5 heteroatoms. The van der Waals surface area contributed by atoms with Crippen molar-refractivity contribution < 1.29 is 14.7 Å². The minimum Gasteiger partial charge on any atom is -0.477 e. The van der Waals surface area contributed by atoms with Crippen molar-refractivity contribution in [2.45, 2.75) is 25.1 Å². The topological polar surface area (TPSA) is 57.6 Å². The third-order valence-electron chi connectivity index (χ3n) is 2.63. The van der Waals surface area contributed by atoms with Crippen LogP contribution in [0.5, 0.6) is 0 Å². The monoisotopic (exact) mass is 213 g/mol. The fraction of sp³-hybridized carbons (Fsp3) is 0.556. The van der Waals surface area contributed by atoms with Crippen molar-refractivity contribution in [2.75, 3.05) is 5.75 Å². The number of hydrogen-bond acceptors (Lipinski definition) is 3. The summed E-state index contributed by atoms with van der Waals surface area (Å²) in [5, 5.41) is 9.00. The first-order valence-corrected chi connectivity index (χ1v) is 5.34. The number of hydrogen-bond donors (Lipinski definition) is 1. The van der Waals surface area contributed by atoms with Crippen LogP contribution in [0.1, 0.15) is 20.3 Å². The molecule has 0 aromatic carbocycles. The molecule has 1 N–H and O–H groups in total. The average molecular weight is 213 g/mol. The molecule has 1 atom stereocenters. The molecule has 1 amide bonds. The highest BCUT2D eigenvalue weighted by Gasteiger charge is 2.53. The largest absolute Gasteiger partial charge is 0.477 e. The summed E-state index contributed by atoms with van der Waals surface area (Å²) in [6.45, 7) is 3.68. The molecule has 0 radical (unpaired) electrons. The van der Waals surface area contributed by atoms with Crippen LogP contribution in [0.3, 0.4) is 0 Å². The van der Waals surface area contributed by atoms with Crippen LogP contribution in [-0.2, 0) is 9.59 Å². The van der Waals surface area contributed by atoms with E-state index in [4.69, 9.17) is 5.11 Å². The summed E-state index contributed by atoms with van der Waals surface area (Å²) in [6.07, 6.45) is 0.446. The van der Waals surface area contributed by atoms with Gasteiger partial charge in [0, 0.05) is 5.75 Å². The van der Waals surface area contributed by atoms with Crippen molar-refractivity contribution >= 4 is 23.6 Å². The average Bonchev–Trinajstić information content (AvgIpc) is 2.08. The third-order valence-corrected chi connectivity index (χ3v) is 4.16. The van der Waals surface area contributed by atoms with Gasteiger partial charge < -0.3 is 5.11 Å². The Labute approximate surface area is 86.0 Å². The standard InChI is InChI=1S/C9H11NO3S/c1-5-4-14-9(2)3-6(11)10(9)7(5)8(12)13/h3-4H2,1-2H3,(H,12,13). The molecular formula is C9H11NO3S. The summed E-state index contributed by atoms with van der Waals surface area (Å²) in [5.74, 6) is -0.388. The van der Waals surface area contributed by atoms with E-state index in [2.05, 4.69) is 0 Å². The van der Waals surface area contributed by atoms with Gasteiger partial charge in [-0.1, -0.05) is 0 Å². The maximum atomic E-state index is 11.3. The maximum absolute atomic E-state index is 11.3. The van der Waals surface area contributed by atoms with Gasteiger partial charge in [-0.05, 0) is 19.4 Å². The predicted octanol–water partition coefficient (Wildman–Crippen LogP) is 1.04. The predicted molar refractivity (Wildman–Crippen MR) is 52.7 cm³/mol. The van der Waals surface area contributed by atoms with Crippen LogP contribution in [0, 0.1) is 0 Å². The van der Waals surface area contributed by atoms with Gasteiger partial charge >= 0.3 is 5.97 Å². The minimum absolute atomic E-state index is 0.0866. The van der Waals surface area contributed by atoms with E-state index >= 15 is 0 Å². The summed E-state index contributed by atoms with van der Waals surface area (Å²) in [5.41, 5.74) is 0.954. The molecule has 0 spiro atoms. The van der Waals surface area contributed by atoms with Crippen molar-refractivity contribution in [3.63, 3.8) is 0 Å². The van der Waals surface area contributed by atoms with Crippen LogP contribution < -0.4 is 0 Å². The highest BCUT2D eigenvalue weighted by molar-refractivity contribution is 8.00. The van der Waals surface area contributed by atoms with Gasteiger partial charge in [0.05, 0.1) is 6.42 Å². The Morgan fingerprint density at radius 2 is 2.29 bits per heavy atom. The van der Waals surface area contributed by atoms with Crippen LogP contribution in [0.4, 0.5) is 0 Å². The molecule has 0 aromatic rings. The lowest BCUT2D eigenvalue weighted by Gasteiger charge is -2.52. The van der Waals surface area contributed by atoms with Crippen molar-refractivity contribution in [1.29, 1.82) is 0 Å². The lowest BCUT2D eigenvalue weighted by Crippen LogP contribution is -2.61. The molecule has 1 fully saturated rings. The van der Waals surface area contributed by atoms with Crippen LogP contribution in [0.25, 0.3) is 0 Å². The number of aliphatic carboxylic acids is 1. The van der Waals surface area contributed by atoms with E-state index in [0.29, 0.717) is 12.2 Å². The summed E-state index contributed by atoms with van der Waals surface area (Å²) in [4.78, 5) is 23.4. The molecule has 0 bridgehead atoms. The van der Waals surface area contributed by atoms with Crippen molar-refractivity contribution in [3.05, 3.63) is 11.3 Å². The number of carboxylic acids is 1. The zero-order valence-electron chi connectivity index (χ0n) is 8.03. The van der Waals surface area contributed by atoms with E-state index < -0.39 is 5.97 Å². The first-order chi connectivity index (χ1) is 6.46. The van der Waals surface area contributed by atoms with Crippen LogP contribution in [0.15, 0.2) is 11.3 Å². The van der Waals surface area contributed by atoms with Gasteiger partial charge in [-0.15, -0.1) is 11.8 Å². The van der Waals surface area contributed by atoms with Gasteiger partial charge in [0.15, 0.2) is 0 Å². The number of nitrogens with zero attached hydrogens (tertiary/aromatic N) is 1. The first-order valence-electron chi connectivity index (χ1n) is 4.36. The summed E-state index contributed by atoms with van der Waals surface area (Å²) in [7, 11) is 0. The van der Waals surface area contributed by atoms with Gasteiger partial charge in [0.1, 0.15) is 10.6 Å². The Bertz CT molecular complexity index is 363. The Kier molecular flexibility index (Phi) is 1.89. The van der Waals surface area contributed by atoms with Gasteiger partial charge in [0.2, 0.25) is 5.91 Å². The fourth-order valence-corrected chi connectivity index (χ4v) is 3.10. The quantitative estimate of drug-likeness (QED) is 0.661. The molecule has 0 aromatic heterocycles. The zero-order valence-corrected chi connectivity index (χ0v) is 8.85.